The summed E-state index contributed by atoms with van der Waals surface area (Å²) >= 11 is 0. The topological polar surface area (TPSA) is 28.7 Å². The van der Waals surface area contributed by atoms with Crippen molar-refractivity contribution in [1.29, 1.82) is 5.26 Å². The number of aromatic nitrogens is 1. The summed E-state index contributed by atoms with van der Waals surface area (Å²) < 4.78 is 2.36. The third-order valence-electron chi connectivity index (χ3n) is 10.6. The molecule has 0 saturated carbocycles. The van der Waals surface area contributed by atoms with Crippen molar-refractivity contribution < 1.29 is 0 Å². The Morgan fingerprint density at radius 2 is 0.774 bits per heavy atom. The van der Waals surface area contributed by atoms with Gasteiger partial charge in [0.15, 0.2) is 0 Å². The van der Waals surface area contributed by atoms with Crippen molar-refractivity contribution in [2.75, 3.05) is 0 Å². The Labute approximate surface area is 308 Å². The minimum Gasteiger partial charge on any atom is -0.309 e. The molecule has 1 heterocycles. The van der Waals surface area contributed by atoms with Crippen molar-refractivity contribution in [3.8, 4) is 56.3 Å². The molecule has 0 aliphatic heterocycles. The maximum absolute atomic E-state index is 10.5. The van der Waals surface area contributed by atoms with Crippen LogP contribution in [0.25, 0.3) is 93.5 Å². The molecule has 0 bridgehead atoms. The van der Waals surface area contributed by atoms with Crippen LogP contribution in [0.4, 0.5) is 0 Å². The van der Waals surface area contributed by atoms with Gasteiger partial charge in [-0.2, -0.15) is 5.26 Å². The first-order chi connectivity index (χ1) is 26.3. The summed E-state index contributed by atoms with van der Waals surface area (Å²) in [7, 11) is 0. The number of para-hydroxylation sites is 3. The number of nitriles is 1. The van der Waals surface area contributed by atoms with Gasteiger partial charge >= 0.3 is 0 Å². The average Bonchev–Trinajstić information content (AvgIpc) is 3.57. The molecule has 0 fully saturated rings. The molecule has 0 unspecified atom stereocenters. The van der Waals surface area contributed by atoms with Gasteiger partial charge in [-0.05, 0) is 96.9 Å². The minimum absolute atomic E-state index is 0.624. The van der Waals surface area contributed by atoms with Gasteiger partial charge < -0.3 is 4.57 Å². The molecule has 0 amide bonds. The van der Waals surface area contributed by atoms with Crippen LogP contribution >= 0.6 is 0 Å². The second-order valence-corrected chi connectivity index (χ2v) is 13.6. The lowest BCUT2D eigenvalue weighted by molar-refractivity contribution is 1.18. The standard InChI is InChI=1S/C51H32N2/c52-33-34-30-36(32-37(31-34)39-19-10-13-27-47(39)53-48-28-14-11-20-40(48)41-21-12-15-29-49(41)53)38-18-4-5-22-42(38)51-45-25-8-6-23-43(45)50(35-16-2-1-3-17-35)44-24-7-9-26-46(44)51/h1-32H. The molecule has 0 spiro atoms. The highest BCUT2D eigenvalue weighted by Gasteiger charge is 2.20. The molecule has 0 radical (unpaired) electrons. The van der Waals surface area contributed by atoms with E-state index >= 15 is 0 Å². The van der Waals surface area contributed by atoms with Gasteiger partial charge in [0.25, 0.3) is 0 Å². The van der Waals surface area contributed by atoms with Crippen LogP contribution in [0.15, 0.2) is 194 Å². The Bertz CT molecular complexity index is 2960. The number of hydrogen-bond donors (Lipinski definition) is 0. The van der Waals surface area contributed by atoms with Gasteiger partial charge in [-0.3, -0.25) is 0 Å². The average molecular weight is 673 g/mol. The van der Waals surface area contributed by atoms with Crippen molar-refractivity contribution >= 4 is 43.4 Å². The molecule has 2 nitrogen and oxygen atoms in total. The normalized spacial score (nSPS) is 11.4. The first kappa shape index (κ1) is 30.6. The Kier molecular flexibility index (Phi) is 7.23. The van der Waals surface area contributed by atoms with Gasteiger partial charge in [0.2, 0.25) is 0 Å². The molecule has 1 aromatic heterocycles. The zero-order chi connectivity index (χ0) is 35.3. The molecule has 9 aromatic carbocycles. The summed E-state index contributed by atoms with van der Waals surface area (Å²) in [4.78, 5) is 0. The third-order valence-corrected chi connectivity index (χ3v) is 10.6. The summed E-state index contributed by atoms with van der Waals surface area (Å²) in [6.07, 6.45) is 0. The lowest BCUT2D eigenvalue weighted by Crippen LogP contribution is -1.98. The van der Waals surface area contributed by atoms with Crippen LogP contribution in [0.5, 0.6) is 0 Å². The van der Waals surface area contributed by atoms with Crippen molar-refractivity contribution in [1.82, 2.24) is 4.57 Å². The van der Waals surface area contributed by atoms with E-state index in [0.29, 0.717) is 5.56 Å². The van der Waals surface area contributed by atoms with Gasteiger partial charge in [0.05, 0.1) is 28.4 Å². The smallest absolute Gasteiger partial charge is 0.0992 e. The van der Waals surface area contributed by atoms with Crippen LogP contribution < -0.4 is 0 Å². The molecule has 0 aliphatic carbocycles. The van der Waals surface area contributed by atoms with Gasteiger partial charge in [-0.1, -0.05) is 158 Å². The fraction of sp³-hybridized carbons (Fsp3) is 0. The molecular formula is C51H32N2. The largest absolute Gasteiger partial charge is 0.309 e. The van der Waals surface area contributed by atoms with E-state index in [1.807, 2.05) is 12.1 Å². The molecule has 0 N–H and O–H groups in total. The van der Waals surface area contributed by atoms with Crippen LogP contribution in [0.3, 0.4) is 0 Å². The fourth-order valence-corrected chi connectivity index (χ4v) is 8.39. The predicted octanol–water partition coefficient (Wildman–Crippen LogP) is 13.6. The first-order valence-corrected chi connectivity index (χ1v) is 18.0. The van der Waals surface area contributed by atoms with Crippen molar-refractivity contribution in [3.05, 3.63) is 200 Å². The molecule has 2 heteroatoms. The second kappa shape index (κ2) is 12.5. The van der Waals surface area contributed by atoms with E-state index in [1.54, 1.807) is 0 Å². The highest BCUT2D eigenvalue weighted by Crippen LogP contribution is 2.46. The lowest BCUT2D eigenvalue weighted by Gasteiger charge is -2.20. The molecule has 0 atom stereocenters. The molecule has 246 valence electrons. The van der Waals surface area contributed by atoms with E-state index in [1.165, 1.54) is 49.0 Å². The first-order valence-electron chi connectivity index (χ1n) is 18.0. The lowest BCUT2D eigenvalue weighted by atomic mass is 9.83. The summed E-state index contributed by atoms with van der Waals surface area (Å²) in [6, 6.07) is 71.5. The Morgan fingerprint density at radius 3 is 1.36 bits per heavy atom. The number of fused-ring (bicyclic) bond motifs is 5. The third kappa shape index (κ3) is 4.94. The maximum Gasteiger partial charge on any atom is 0.0992 e. The highest BCUT2D eigenvalue weighted by atomic mass is 15.0. The van der Waals surface area contributed by atoms with Gasteiger partial charge in [-0.15, -0.1) is 0 Å². The molecule has 10 aromatic rings. The zero-order valence-electron chi connectivity index (χ0n) is 28.9. The van der Waals surface area contributed by atoms with Gasteiger partial charge in [-0.25, -0.2) is 0 Å². The molecule has 0 saturated heterocycles. The van der Waals surface area contributed by atoms with Crippen LogP contribution in [0.2, 0.25) is 0 Å². The second-order valence-electron chi connectivity index (χ2n) is 13.6. The highest BCUT2D eigenvalue weighted by molar-refractivity contribution is 6.22. The Morgan fingerprint density at radius 1 is 0.340 bits per heavy atom. The van der Waals surface area contributed by atoms with Crippen LogP contribution in [-0.2, 0) is 0 Å². The van der Waals surface area contributed by atoms with E-state index in [9.17, 15) is 5.26 Å². The summed E-state index contributed by atoms with van der Waals surface area (Å²) in [5, 5.41) is 17.7. The molecular weight excluding hydrogens is 641 g/mol. The fourth-order valence-electron chi connectivity index (χ4n) is 8.39. The Hall–Kier alpha value is -7.21. The van der Waals surface area contributed by atoms with E-state index in [-0.39, 0.29) is 0 Å². The van der Waals surface area contributed by atoms with E-state index in [0.717, 1.165) is 44.5 Å². The maximum atomic E-state index is 10.5. The number of hydrogen-bond acceptors (Lipinski definition) is 1. The van der Waals surface area contributed by atoms with Gasteiger partial charge in [0.1, 0.15) is 0 Å². The number of nitrogens with zero attached hydrogens (tertiary/aromatic N) is 2. The number of rotatable bonds is 5. The van der Waals surface area contributed by atoms with Gasteiger partial charge in [0, 0.05) is 16.3 Å². The predicted molar refractivity (Wildman–Crippen MR) is 222 cm³/mol. The van der Waals surface area contributed by atoms with E-state index in [4.69, 9.17) is 0 Å². The number of benzene rings is 9. The molecule has 53 heavy (non-hydrogen) atoms. The SMILES string of the molecule is N#Cc1cc(-c2ccccc2-c2c3ccccc3c(-c3ccccc3)c3ccccc23)cc(-c2ccccc2-n2c3ccccc3c3ccccc32)c1. The van der Waals surface area contributed by atoms with Crippen LogP contribution in [-0.4, -0.2) is 4.57 Å². The minimum atomic E-state index is 0.624. The summed E-state index contributed by atoms with van der Waals surface area (Å²) in [5.41, 5.74) is 12.9. The van der Waals surface area contributed by atoms with Crippen LogP contribution in [0, 0.1) is 11.3 Å². The van der Waals surface area contributed by atoms with Crippen molar-refractivity contribution in [3.63, 3.8) is 0 Å². The summed E-state index contributed by atoms with van der Waals surface area (Å²) in [6.45, 7) is 0. The van der Waals surface area contributed by atoms with Crippen molar-refractivity contribution in [2.45, 2.75) is 0 Å². The Balaban J connectivity index is 1.22. The van der Waals surface area contributed by atoms with E-state index in [2.05, 4.69) is 193 Å². The monoisotopic (exact) mass is 672 g/mol. The molecule has 10 rings (SSSR count). The van der Waals surface area contributed by atoms with E-state index < -0.39 is 0 Å². The quantitative estimate of drug-likeness (QED) is 0.167. The molecule has 0 aliphatic rings. The zero-order valence-corrected chi connectivity index (χ0v) is 28.9. The summed E-state index contributed by atoms with van der Waals surface area (Å²) in [5.74, 6) is 0. The van der Waals surface area contributed by atoms with Crippen LogP contribution in [0.1, 0.15) is 5.56 Å². The van der Waals surface area contributed by atoms with Crippen molar-refractivity contribution in [2.24, 2.45) is 0 Å².